The Bertz CT molecular complexity index is 426. The van der Waals surface area contributed by atoms with Crippen LogP contribution in [0.1, 0.15) is 26.7 Å². The van der Waals surface area contributed by atoms with Crippen molar-refractivity contribution in [1.29, 1.82) is 0 Å². The fraction of sp³-hybridized carbons (Fsp3) is 0.429. The predicted octanol–water partition coefficient (Wildman–Crippen LogP) is 3.33. The SMILES string of the molecule is CC(C)COC(=O)CCC(=O)Oc1ccc(Br)cc1. The molecule has 5 heteroatoms. The van der Waals surface area contributed by atoms with Crippen molar-refractivity contribution < 1.29 is 19.1 Å². The van der Waals surface area contributed by atoms with Gasteiger partial charge in [-0.15, -0.1) is 0 Å². The van der Waals surface area contributed by atoms with Gasteiger partial charge in [0.25, 0.3) is 0 Å². The first kappa shape index (κ1) is 15.7. The molecule has 0 saturated carbocycles. The monoisotopic (exact) mass is 328 g/mol. The molecule has 1 rings (SSSR count). The summed E-state index contributed by atoms with van der Waals surface area (Å²) in [5.41, 5.74) is 0. The van der Waals surface area contributed by atoms with E-state index in [2.05, 4.69) is 15.9 Å². The van der Waals surface area contributed by atoms with E-state index in [0.29, 0.717) is 18.3 Å². The van der Waals surface area contributed by atoms with Crippen LogP contribution in [0.5, 0.6) is 5.75 Å². The van der Waals surface area contributed by atoms with Gasteiger partial charge in [0.05, 0.1) is 19.4 Å². The van der Waals surface area contributed by atoms with Crippen LogP contribution in [0.3, 0.4) is 0 Å². The molecule has 104 valence electrons. The van der Waals surface area contributed by atoms with E-state index in [1.54, 1.807) is 24.3 Å². The summed E-state index contributed by atoms with van der Waals surface area (Å²) >= 11 is 3.29. The standard InChI is InChI=1S/C14H17BrO4/c1-10(2)9-18-13(16)7-8-14(17)19-12-5-3-11(15)4-6-12/h3-6,10H,7-9H2,1-2H3. The van der Waals surface area contributed by atoms with E-state index in [-0.39, 0.29) is 18.8 Å². The number of hydrogen-bond donors (Lipinski definition) is 0. The second-order valence-electron chi connectivity index (χ2n) is 4.50. The van der Waals surface area contributed by atoms with Crippen LogP contribution in [0.4, 0.5) is 0 Å². The van der Waals surface area contributed by atoms with Gasteiger partial charge in [0.2, 0.25) is 0 Å². The smallest absolute Gasteiger partial charge is 0.311 e. The molecule has 0 aliphatic rings. The molecule has 4 nitrogen and oxygen atoms in total. The van der Waals surface area contributed by atoms with Gasteiger partial charge in [0, 0.05) is 4.47 Å². The summed E-state index contributed by atoms with van der Waals surface area (Å²) in [6, 6.07) is 6.91. The molecule has 0 aliphatic heterocycles. The topological polar surface area (TPSA) is 52.6 Å². The van der Waals surface area contributed by atoms with Crippen LogP contribution in [0, 0.1) is 5.92 Å². The Hall–Kier alpha value is -1.36. The van der Waals surface area contributed by atoms with E-state index in [9.17, 15) is 9.59 Å². The molecule has 0 N–H and O–H groups in total. The number of benzene rings is 1. The highest BCUT2D eigenvalue weighted by atomic mass is 79.9. The van der Waals surface area contributed by atoms with Crippen LogP contribution in [0.2, 0.25) is 0 Å². The maximum absolute atomic E-state index is 11.5. The van der Waals surface area contributed by atoms with Crippen molar-refractivity contribution in [2.75, 3.05) is 6.61 Å². The predicted molar refractivity (Wildman–Crippen MR) is 74.8 cm³/mol. The van der Waals surface area contributed by atoms with E-state index < -0.39 is 5.97 Å². The number of carbonyl (C=O) groups excluding carboxylic acids is 2. The van der Waals surface area contributed by atoms with Crippen LogP contribution in [0.25, 0.3) is 0 Å². The highest BCUT2D eigenvalue weighted by molar-refractivity contribution is 9.10. The van der Waals surface area contributed by atoms with Crippen molar-refractivity contribution in [3.05, 3.63) is 28.7 Å². The molecule has 0 atom stereocenters. The van der Waals surface area contributed by atoms with Gasteiger partial charge in [-0.2, -0.15) is 0 Å². The Morgan fingerprint density at radius 3 is 2.26 bits per heavy atom. The molecule has 0 bridgehead atoms. The molecule has 0 heterocycles. The summed E-state index contributed by atoms with van der Waals surface area (Å²) in [5.74, 6) is -0.0623. The molecule has 19 heavy (non-hydrogen) atoms. The first-order valence-electron chi connectivity index (χ1n) is 6.09. The highest BCUT2D eigenvalue weighted by Crippen LogP contribution is 2.16. The highest BCUT2D eigenvalue weighted by Gasteiger charge is 2.10. The number of halogens is 1. The summed E-state index contributed by atoms with van der Waals surface area (Å²) < 4.78 is 11.0. The van der Waals surface area contributed by atoms with Crippen molar-refractivity contribution in [3.8, 4) is 5.75 Å². The minimum Gasteiger partial charge on any atom is -0.465 e. The molecule has 0 aliphatic carbocycles. The van der Waals surface area contributed by atoms with Gasteiger partial charge in [0.15, 0.2) is 0 Å². The Morgan fingerprint density at radius 1 is 1.11 bits per heavy atom. The largest absolute Gasteiger partial charge is 0.465 e. The summed E-state index contributed by atoms with van der Waals surface area (Å²) in [4.78, 5) is 22.8. The zero-order valence-corrected chi connectivity index (χ0v) is 12.6. The quantitative estimate of drug-likeness (QED) is 0.593. The Labute approximate surface area is 121 Å². The van der Waals surface area contributed by atoms with E-state index in [1.165, 1.54) is 0 Å². The number of rotatable bonds is 6. The Balaban J connectivity index is 2.28. The molecule has 0 aromatic heterocycles. The average molecular weight is 329 g/mol. The summed E-state index contributed by atoms with van der Waals surface area (Å²) in [6.45, 7) is 4.28. The number of carbonyl (C=O) groups is 2. The van der Waals surface area contributed by atoms with Crippen LogP contribution in [-0.2, 0) is 14.3 Å². The molecule has 0 spiro atoms. The number of ether oxygens (including phenoxy) is 2. The molecular weight excluding hydrogens is 312 g/mol. The maximum Gasteiger partial charge on any atom is 0.311 e. The van der Waals surface area contributed by atoms with Crippen LogP contribution in [-0.4, -0.2) is 18.5 Å². The van der Waals surface area contributed by atoms with Crippen molar-refractivity contribution in [2.45, 2.75) is 26.7 Å². The van der Waals surface area contributed by atoms with E-state index in [4.69, 9.17) is 9.47 Å². The van der Waals surface area contributed by atoms with Crippen molar-refractivity contribution in [1.82, 2.24) is 0 Å². The lowest BCUT2D eigenvalue weighted by atomic mass is 10.2. The van der Waals surface area contributed by atoms with E-state index in [0.717, 1.165) is 4.47 Å². The molecular formula is C14H17BrO4. The minimum absolute atomic E-state index is 0.0208. The minimum atomic E-state index is -0.441. The van der Waals surface area contributed by atoms with Gasteiger partial charge in [-0.1, -0.05) is 29.8 Å². The fourth-order valence-corrected chi connectivity index (χ4v) is 1.49. The molecule has 1 aromatic rings. The first-order chi connectivity index (χ1) is 8.97. The van der Waals surface area contributed by atoms with E-state index in [1.807, 2.05) is 13.8 Å². The van der Waals surface area contributed by atoms with Crippen LogP contribution >= 0.6 is 15.9 Å². The van der Waals surface area contributed by atoms with Gasteiger partial charge >= 0.3 is 11.9 Å². The van der Waals surface area contributed by atoms with Gasteiger partial charge in [-0.05, 0) is 30.2 Å². The zero-order chi connectivity index (χ0) is 14.3. The van der Waals surface area contributed by atoms with Crippen LogP contribution in [0.15, 0.2) is 28.7 Å². The van der Waals surface area contributed by atoms with Gasteiger partial charge < -0.3 is 9.47 Å². The Morgan fingerprint density at radius 2 is 1.68 bits per heavy atom. The lowest BCUT2D eigenvalue weighted by molar-refractivity contribution is -0.147. The molecule has 0 amide bonds. The summed E-state index contributed by atoms with van der Waals surface area (Å²) in [7, 11) is 0. The molecule has 0 unspecified atom stereocenters. The van der Waals surface area contributed by atoms with E-state index >= 15 is 0 Å². The zero-order valence-electron chi connectivity index (χ0n) is 11.0. The van der Waals surface area contributed by atoms with Crippen molar-refractivity contribution >= 4 is 27.9 Å². The van der Waals surface area contributed by atoms with Gasteiger partial charge in [-0.3, -0.25) is 9.59 Å². The summed E-state index contributed by atoms with van der Waals surface area (Å²) in [6.07, 6.45) is 0.0646. The third-order valence-corrected chi connectivity index (χ3v) is 2.68. The molecule has 1 aromatic carbocycles. The summed E-state index contributed by atoms with van der Waals surface area (Å²) in [5, 5.41) is 0. The molecule has 0 fully saturated rings. The normalized spacial score (nSPS) is 10.3. The lowest BCUT2D eigenvalue weighted by Gasteiger charge is -2.07. The van der Waals surface area contributed by atoms with Crippen LogP contribution < -0.4 is 4.74 Å². The maximum atomic E-state index is 11.5. The van der Waals surface area contributed by atoms with Crippen molar-refractivity contribution in [3.63, 3.8) is 0 Å². The van der Waals surface area contributed by atoms with Crippen molar-refractivity contribution in [2.24, 2.45) is 5.92 Å². The molecule has 0 saturated heterocycles. The lowest BCUT2D eigenvalue weighted by Crippen LogP contribution is -2.14. The number of esters is 2. The third-order valence-electron chi connectivity index (χ3n) is 2.16. The first-order valence-corrected chi connectivity index (χ1v) is 6.88. The fourth-order valence-electron chi connectivity index (χ4n) is 1.22. The second-order valence-corrected chi connectivity index (χ2v) is 5.42. The Kier molecular flexibility index (Phi) is 6.56. The third kappa shape index (κ3) is 6.96. The second kappa shape index (κ2) is 7.94. The molecule has 0 radical (unpaired) electrons. The average Bonchev–Trinajstić information content (AvgIpc) is 2.36. The number of hydrogen-bond acceptors (Lipinski definition) is 4. The van der Waals surface area contributed by atoms with Gasteiger partial charge in [0.1, 0.15) is 5.75 Å². The van der Waals surface area contributed by atoms with Gasteiger partial charge in [-0.25, -0.2) is 0 Å².